The number of aromatic nitrogens is 2. The summed E-state index contributed by atoms with van der Waals surface area (Å²) in [4.78, 5) is 43.8. The van der Waals surface area contributed by atoms with Crippen LogP contribution in [0.25, 0.3) is 10.9 Å². The minimum atomic E-state index is -0.448. The maximum atomic E-state index is 13.2. The number of likely N-dealkylation sites (tertiary alicyclic amines) is 1. The zero-order chi connectivity index (χ0) is 20.2. The van der Waals surface area contributed by atoms with Gasteiger partial charge in [-0.25, -0.2) is 9.78 Å². The van der Waals surface area contributed by atoms with Crippen LogP contribution >= 0.6 is 0 Å². The fourth-order valence-electron chi connectivity index (χ4n) is 4.82. The van der Waals surface area contributed by atoms with Crippen molar-refractivity contribution in [3.63, 3.8) is 0 Å². The summed E-state index contributed by atoms with van der Waals surface area (Å²) >= 11 is 0. The molecule has 1 N–H and O–H groups in total. The molecule has 2 unspecified atom stereocenters. The van der Waals surface area contributed by atoms with E-state index >= 15 is 0 Å². The zero-order valence-corrected chi connectivity index (χ0v) is 16.4. The van der Waals surface area contributed by atoms with Gasteiger partial charge in [-0.1, -0.05) is 0 Å². The maximum Gasteiger partial charge on any atom is 0.407 e. The molecule has 1 aromatic heterocycles. The summed E-state index contributed by atoms with van der Waals surface area (Å²) < 4.78 is 6.84. The highest BCUT2D eigenvalue weighted by molar-refractivity contribution is 5.97. The van der Waals surface area contributed by atoms with Gasteiger partial charge in [0, 0.05) is 37.5 Å². The molecular weight excluding hydrogens is 372 g/mol. The molecule has 152 valence electrons. The van der Waals surface area contributed by atoms with Gasteiger partial charge in [-0.15, -0.1) is 0 Å². The molecular formula is C21H24N4O4. The van der Waals surface area contributed by atoms with Crippen LogP contribution in [0.5, 0.6) is 0 Å². The summed E-state index contributed by atoms with van der Waals surface area (Å²) in [6.07, 6.45) is 3.15. The number of nitrogens with zero attached hydrogens (tertiary/aromatic N) is 3. The molecule has 0 radical (unpaired) electrons. The first-order valence-electron chi connectivity index (χ1n) is 10.2. The minimum absolute atomic E-state index is 0.0237. The van der Waals surface area contributed by atoms with E-state index in [1.807, 2.05) is 11.8 Å². The van der Waals surface area contributed by atoms with Crippen molar-refractivity contribution in [2.75, 3.05) is 19.7 Å². The number of nitrogens with one attached hydrogen (secondary N) is 1. The minimum Gasteiger partial charge on any atom is -0.447 e. The molecule has 2 aromatic rings. The molecule has 0 bridgehead atoms. The topological polar surface area (TPSA) is 93.5 Å². The monoisotopic (exact) mass is 396 g/mol. The van der Waals surface area contributed by atoms with Crippen molar-refractivity contribution < 1.29 is 14.3 Å². The lowest BCUT2D eigenvalue weighted by Crippen LogP contribution is -2.54. The first-order chi connectivity index (χ1) is 13.9. The number of ether oxygens (including phenoxy) is 1. The van der Waals surface area contributed by atoms with Crippen LogP contribution in [-0.4, -0.2) is 51.7 Å². The summed E-state index contributed by atoms with van der Waals surface area (Å²) in [5.41, 5.74) is 0.663. The number of alkyl carbamates (subject to hydrolysis) is 1. The van der Waals surface area contributed by atoms with Crippen molar-refractivity contribution in [2.45, 2.75) is 44.7 Å². The van der Waals surface area contributed by atoms with Crippen LogP contribution in [0.4, 0.5) is 4.79 Å². The molecule has 8 heteroatoms. The molecule has 8 nitrogen and oxygen atoms in total. The molecule has 3 aliphatic heterocycles. The van der Waals surface area contributed by atoms with Crippen LogP contribution in [0.1, 0.15) is 42.4 Å². The Kier molecular flexibility index (Phi) is 4.11. The Hall–Kier alpha value is -2.90. The summed E-state index contributed by atoms with van der Waals surface area (Å²) in [6, 6.07) is 5.18. The summed E-state index contributed by atoms with van der Waals surface area (Å²) in [6.45, 7) is 4.26. The molecule has 2 atom stereocenters. The molecule has 4 heterocycles. The third kappa shape index (κ3) is 2.97. The highest BCUT2D eigenvalue weighted by Crippen LogP contribution is 2.31. The van der Waals surface area contributed by atoms with E-state index in [-0.39, 0.29) is 17.4 Å². The van der Waals surface area contributed by atoms with Gasteiger partial charge in [-0.2, -0.15) is 0 Å². The van der Waals surface area contributed by atoms with E-state index in [4.69, 9.17) is 4.74 Å². The summed E-state index contributed by atoms with van der Waals surface area (Å²) in [5.74, 6) is 0.876. The fourth-order valence-corrected chi connectivity index (χ4v) is 4.82. The predicted molar refractivity (Wildman–Crippen MR) is 106 cm³/mol. The number of rotatable bonds is 2. The third-order valence-corrected chi connectivity index (χ3v) is 6.56. The second kappa shape index (κ2) is 6.57. The third-order valence-electron chi connectivity index (χ3n) is 6.56. The lowest BCUT2D eigenvalue weighted by Gasteiger charge is -2.40. The van der Waals surface area contributed by atoms with Gasteiger partial charge in [0.15, 0.2) is 0 Å². The Balaban J connectivity index is 1.41. The maximum absolute atomic E-state index is 13.2. The quantitative estimate of drug-likeness (QED) is 0.834. The average Bonchev–Trinajstić information content (AvgIpc) is 3.34. The largest absolute Gasteiger partial charge is 0.447 e. The van der Waals surface area contributed by atoms with Gasteiger partial charge in [0.05, 0.1) is 16.4 Å². The Morgan fingerprint density at radius 3 is 2.93 bits per heavy atom. The highest BCUT2D eigenvalue weighted by Gasteiger charge is 2.44. The number of carbonyl (C=O) groups is 2. The van der Waals surface area contributed by atoms with E-state index in [1.165, 1.54) is 0 Å². The van der Waals surface area contributed by atoms with Gasteiger partial charge in [0.1, 0.15) is 12.4 Å². The standard InChI is InChI=1S/C21H24N4O4/c1-21(12-29-20(28)23-21)14-4-2-8-24(11-14)18(26)13-6-7-15-16(10-13)22-17-5-3-9-25(17)19(15)27/h6-7,10,14H,2-5,8-9,11-12H2,1H3,(H,23,28). The number of hydrogen-bond acceptors (Lipinski definition) is 5. The summed E-state index contributed by atoms with van der Waals surface area (Å²) in [5, 5.41) is 3.46. The van der Waals surface area contributed by atoms with E-state index in [2.05, 4.69) is 10.3 Å². The van der Waals surface area contributed by atoms with Crippen molar-refractivity contribution in [2.24, 2.45) is 5.92 Å². The molecule has 29 heavy (non-hydrogen) atoms. The lowest BCUT2D eigenvalue weighted by molar-refractivity contribution is 0.0580. The molecule has 0 spiro atoms. The van der Waals surface area contributed by atoms with Crippen molar-refractivity contribution >= 4 is 22.9 Å². The number of carbonyl (C=O) groups excluding carboxylic acids is 2. The van der Waals surface area contributed by atoms with Crippen LogP contribution in [0.15, 0.2) is 23.0 Å². The number of hydrogen-bond donors (Lipinski definition) is 1. The average molecular weight is 396 g/mol. The molecule has 2 fully saturated rings. The molecule has 0 saturated carbocycles. The first-order valence-corrected chi connectivity index (χ1v) is 10.2. The van der Waals surface area contributed by atoms with Gasteiger partial charge in [0.25, 0.3) is 11.5 Å². The van der Waals surface area contributed by atoms with Crippen LogP contribution in [0, 0.1) is 5.92 Å². The van der Waals surface area contributed by atoms with Crippen LogP contribution in [0.3, 0.4) is 0 Å². The zero-order valence-electron chi connectivity index (χ0n) is 16.4. The fraction of sp³-hybridized carbons (Fsp3) is 0.524. The van der Waals surface area contributed by atoms with E-state index in [1.54, 1.807) is 22.8 Å². The number of amides is 2. The van der Waals surface area contributed by atoms with Crippen LogP contribution in [0.2, 0.25) is 0 Å². The molecule has 1 aromatic carbocycles. The molecule has 2 amide bonds. The van der Waals surface area contributed by atoms with Crippen molar-refractivity contribution in [3.05, 3.63) is 39.9 Å². The number of cyclic esters (lactones) is 1. The van der Waals surface area contributed by atoms with Gasteiger partial charge >= 0.3 is 6.09 Å². The van der Waals surface area contributed by atoms with Crippen molar-refractivity contribution in [3.8, 4) is 0 Å². The number of benzene rings is 1. The second-order valence-corrected chi connectivity index (χ2v) is 8.53. The Morgan fingerprint density at radius 1 is 1.28 bits per heavy atom. The number of aryl methyl sites for hydroxylation is 1. The second-order valence-electron chi connectivity index (χ2n) is 8.53. The van der Waals surface area contributed by atoms with Crippen LogP contribution < -0.4 is 10.9 Å². The molecule has 5 rings (SSSR count). The molecule has 2 saturated heterocycles. The van der Waals surface area contributed by atoms with Crippen molar-refractivity contribution in [1.82, 2.24) is 19.8 Å². The number of fused-ring (bicyclic) bond motifs is 2. The SMILES string of the molecule is CC1(C2CCCN(C(=O)c3ccc4c(=O)n5c(nc4c3)CCC5)C2)COC(=O)N1. The summed E-state index contributed by atoms with van der Waals surface area (Å²) in [7, 11) is 0. The number of piperidine rings is 1. The Labute approximate surface area is 167 Å². The smallest absolute Gasteiger partial charge is 0.407 e. The molecule has 0 aliphatic carbocycles. The van der Waals surface area contributed by atoms with Crippen molar-refractivity contribution in [1.29, 1.82) is 0 Å². The van der Waals surface area contributed by atoms with E-state index in [0.717, 1.165) is 31.5 Å². The lowest BCUT2D eigenvalue weighted by atomic mass is 9.81. The van der Waals surface area contributed by atoms with E-state index in [9.17, 15) is 14.4 Å². The first kappa shape index (κ1) is 18.1. The highest BCUT2D eigenvalue weighted by atomic mass is 16.6. The predicted octanol–water partition coefficient (Wildman–Crippen LogP) is 1.69. The van der Waals surface area contributed by atoms with Gasteiger partial charge in [0.2, 0.25) is 0 Å². The van der Waals surface area contributed by atoms with Gasteiger partial charge < -0.3 is 15.0 Å². The van der Waals surface area contributed by atoms with Gasteiger partial charge in [-0.3, -0.25) is 14.2 Å². The van der Waals surface area contributed by atoms with Crippen LogP contribution in [-0.2, 0) is 17.7 Å². The Morgan fingerprint density at radius 2 is 2.14 bits per heavy atom. The van der Waals surface area contributed by atoms with E-state index < -0.39 is 11.6 Å². The van der Waals surface area contributed by atoms with E-state index in [0.29, 0.717) is 42.7 Å². The normalized spacial score (nSPS) is 26.3. The Bertz CT molecular complexity index is 1080. The van der Waals surface area contributed by atoms with Gasteiger partial charge in [-0.05, 0) is 44.4 Å². The molecule has 3 aliphatic rings.